The Morgan fingerprint density at radius 1 is 1.29 bits per heavy atom. The van der Waals surface area contributed by atoms with Crippen LogP contribution >= 0.6 is 12.2 Å². The van der Waals surface area contributed by atoms with Gasteiger partial charge in [0, 0.05) is 6.04 Å². The third-order valence-electron chi connectivity index (χ3n) is 2.74. The maximum absolute atomic E-state index is 11.9. The summed E-state index contributed by atoms with van der Waals surface area (Å²) in [6.45, 7) is 5.66. The Kier molecular flexibility index (Phi) is 7.91. The number of rotatable bonds is 9. The van der Waals surface area contributed by atoms with Gasteiger partial charge in [0.25, 0.3) is 0 Å². The van der Waals surface area contributed by atoms with Crippen LogP contribution in [0.3, 0.4) is 0 Å². The van der Waals surface area contributed by atoms with Crippen LogP contribution in [0, 0.1) is 0 Å². The molecule has 0 spiro atoms. The van der Waals surface area contributed by atoms with E-state index in [9.17, 15) is 8.42 Å². The van der Waals surface area contributed by atoms with Gasteiger partial charge in [0.1, 0.15) is 5.25 Å². The Bertz CT molecular complexity index is 328. The van der Waals surface area contributed by atoms with Crippen LogP contribution in [-0.2, 0) is 10.0 Å². The van der Waals surface area contributed by atoms with E-state index in [1.807, 2.05) is 6.92 Å². The van der Waals surface area contributed by atoms with Crippen molar-refractivity contribution in [3.05, 3.63) is 0 Å². The minimum atomic E-state index is -3.43. The first-order chi connectivity index (χ1) is 7.85. The highest BCUT2D eigenvalue weighted by atomic mass is 32.2. The van der Waals surface area contributed by atoms with E-state index in [0.29, 0.717) is 0 Å². The lowest BCUT2D eigenvalue weighted by Gasteiger charge is -2.20. The molecule has 0 radical (unpaired) electrons. The molecule has 3 N–H and O–H groups in total. The summed E-state index contributed by atoms with van der Waals surface area (Å²) < 4.78 is 26.6. The second-order valence-electron chi connectivity index (χ2n) is 4.34. The van der Waals surface area contributed by atoms with E-state index in [4.69, 9.17) is 18.0 Å². The molecule has 0 aromatic carbocycles. The molecule has 17 heavy (non-hydrogen) atoms. The molecule has 0 aromatic heterocycles. The van der Waals surface area contributed by atoms with Gasteiger partial charge in [-0.2, -0.15) is 0 Å². The largest absolute Gasteiger partial charge is 0.392 e. The minimum Gasteiger partial charge on any atom is -0.392 e. The third kappa shape index (κ3) is 6.33. The fourth-order valence-electron chi connectivity index (χ4n) is 1.55. The number of nitrogens with two attached hydrogens (primary N) is 1. The summed E-state index contributed by atoms with van der Waals surface area (Å²) >= 11 is 4.73. The van der Waals surface area contributed by atoms with E-state index >= 15 is 0 Å². The zero-order valence-electron chi connectivity index (χ0n) is 10.9. The van der Waals surface area contributed by atoms with Gasteiger partial charge in [0.2, 0.25) is 10.0 Å². The first kappa shape index (κ1) is 16.8. The number of hydrogen-bond donors (Lipinski definition) is 2. The molecule has 4 nitrogen and oxygen atoms in total. The molecule has 0 aromatic rings. The van der Waals surface area contributed by atoms with E-state index in [2.05, 4.69) is 11.6 Å². The van der Waals surface area contributed by atoms with Gasteiger partial charge < -0.3 is 5.73 Å². The van der Waals surface area contributed by atoms with Crippen molar-refractivity contribution in [1.29, 1.82) is 0 Å². The summed E-state index contributed by atoms with van der Waals surface area (Å²) in [5.41, 5.74) is 5.38. The Morgan fingerprint density at radius 2 is 1.88 bits per heavy atom. The molecule has 0 aliphatic rings. The van der Waals surface area contributed by atoms with E-state index in [1.165, 1.54) is 6.92 Å². The Labute approximate surface area is 110 Å². The van der Waals surface area contributed by atoms with Crippen LogP contribution in [0.5, 0.6) is 0 Å². The second-order valence-corrected chi connectivity index (χ2v) is 6.84. The topological polar surface area (TPSA) is 72.2 Å². The van der Waals surface area contributed by atoms with Crippen LogP contribution in [0.25, 0.3) is 0 Å². The molecule has 0 aliphatic heterocycles. The van der Waals surface area contributed by atoms with Crippen molar-refractivity contribution in [2.75, 3.05) is 0 Å². The molecule has 2 atom stereocenters. The predicted molar refractivity (Wildman–Crippen MR) is 76.5 cm³/mol. The van der Waals surface area contributed by atoms with Gasteiger partial charge in [-0.25, -0.2) is 13.1 Å². The van der Waals surface area contributed by atoms with Gasteiger partial charge in [0.05, 0.1) is 4.99 Å². The zero-order valence-corrected chi connectivity index (χ0v) is 12.5. The quantitative estimate of drug-likeness (QED) is 0.633. The maximum atomic E-state index is 11.9. The average Bonchev–Trinajstić information content (AvgIpc) is 2.24. The third-order valence-corrected chi connectivity index (χ3v) is 5.09. The van der Waals surface area contributed by atoms with Crippen LogP contribution in [-0.4, -0.2) is 24.7 Å². The van der Waals surface area contributed by atoms with Gasteiger partial charge in [0.15, 0.2) is 0 Å². The summed E-state index contributed by atoms with van der Waals surface area (Å²) in [7, 11) is -3.43. The lowest BCUT2D eigenvalue weighted by atomic mass is 10.1. The molecular weight excluding hydrogens is 256 g/mol. The molecule has 102 valence electrons. The Hall–Kier alpha value is -0.200. The maximum Gasteiger partial charge on any atom is 0.220 e. The summed E-state index contributed by atoms with van der Waals surface area (Å²) in [6.07, 6.45) is 4.76. The second kappa shape index (κ2) is 8.00. The molecule has 0 rings (SSSR count). The van der Waals surface area contributed by atoms with Crippen molar-refractivity contribution >= 4 is 27.2 Å². The molecule has 2 unspecified atom stereocenters. The smallest absolute Gasteiger partial charge is 0.220 e. The fraction of sp³-hybridized carbons (Fsp3) is 0.909. The van der Waals surface area contributed by atoms with E-state index in [0.717, 1.165) is 32.1 Å². The normalized spacial score (nSPS) is 15.5. The lowest BCUT2D eigenvalue weighted by Crippen LogP contribution is -2.44. The van der Waals surface area contributed by atoms with Crippen LogP contribution in [0.4, 0.5) is 0 Å². The average molecular weight is 280 g/mol. The number of thiocarbonyl (C=S) groups is 1. The summed E-state index contributed by atoms with van der Waals surface area (Å²) in [4.78, 5) is 0.0169. The molecule has 0 bridgehead atoms. The first-order valence-corrected chi connectivity index (χ1v) is 8.11. The lowest BCUT2D eigenvalue weighted by molar-refractivity contribution is 0.482. The molecule has 0 heterocycles. The van der Waals surface area contributed by atoms with Crippen molar-refractivity contribution < 1.29 is 8.42 Å². The molecule has 0 aliphatic carbocycles. The number of nitrogens with one attached hydrogen (secondary N) is 1. The minimum absolute atomic E-state index is 0.00162. The van der Waals surface area contributed by atoms with Crippen molar-refractivity contribution in [1.82, 2.24) is 4.72 Å². The van der Waals surface area contributed by atoms with Crippen LogP contribution < -0.4 is 10.5 Å². The van der Waals surface area contributed by atoms with Crippen LogP contribution in [0.15, 0.2) is 0 Å². The van der Waals surface area contributed by atoms with Gasteiger partial charge in [-0.05, 0) is 19.8 Å². The molecular formula is C11H24N2O2S2. The number of hydrogen-bond acceptors (Lipinski definition) is 3. The summed E-state index contributed by atoms with van der Waals surface area (Å²) in [6, 6.07) is 0.00162. The summed E-state index contributed by atoms with van der Waals surface area (Å²) in [5, 5.41) is -0.807. The Balaban J connectivity index is 4.56. The Morgan fingerprint density at radius 3 is 2.29 bits per heavy atom. The molecule has 0 amide bonds. The standard InChI is InChI=1S/C11H24N2O2S2/c1-4-6-8-10(7-5-2)13-17(14,15)9(3)11(12)16/h9-10,13H,4-8H2,1-3H3,(H2,12,16). The fourth-order valence-corrected chi connectivity index (χ4v) is 3.14. The monoisotopic (exact) mass is 280 g/mol. The predicted octanol–water partition coefficient (Wildman–Crippen LogP) is 1.94. The van der Waals surface area contributed by atoms with Crippen LogP contribution in [0.2, 0.25) is 0 Å². The van der Waals surface area contributed by atoms with Crippen molar-refractivity contribution in [3.63, 3.8) is 0 Å². The van der Waals surface area contributed by atoms with Gasteiger partial charge in [-0.1, -0.05) is 45.3 Å². The van der Waals surface area contributed by atoms with Crippen molar-refractivity contribution in [3.8, 4) is 0 Å². The van der Waals surface area contributed by atoms with Crippen molar-refractivity contribution in [2.24, 2.45) is 5.73 Å². The van der Waals surface area contributed by atoms with E-state index in [-0.39, 0.29) is 11.0 Å². The zero-order chi connectivity index (χ0) is 13.5. The highest BCUT2D eigenvalue weighted by Crippen LogP contribution is 2.10. The van der Waals surface area contributed by atoms with Gasteiger partial charge in [-0.3, -0.25) is 0 Å². The highest BCUT2D eigenvalue weighted by Gasteiger charge is 2.25. The van der Waals surface area contributed by atoms with E-state index in [1.54, 1.807) is 0 Å². The SMILES string of the molecule is CCCCC(CCC)NS(=O)(=O)C(C)C(N)=S. The summed E-state index contributed by atoms with van der Waals surface area (Å²) in [5.74, 6) is 0. The van der Waals surface area contributed by atoms with Crippen LogP contribution in [0.1, 0.15) is 52.9 Å². The number of sulfonamides is 1. The number of unbranched alkanes of at least 4 members (excludes halogenated alkanes) is 1. The molecule has 6 heteroatoms. The van der Waals surface area contributed by atoms with Gasteiger partial charge >= 0.3 is 0 Å². The van der Waals surface area contributed by atoms with Gasteiger partial charge in [-0.15, -0.1) is 0 Å². The molecule has 0 fully saturated rings. The molecule has 0 saturated heterocycles. The molecule has 0 saturated carbocycles. The highest BCUT2D eigenvalue weighted by molar-refractivity contribution is 7.93. The van der Waals surface area contributed by atoms with E-state index < -0.39 is 15.3 Å². The van der Waals surface area contributed by atoms with Crippen molar-refractivity contribution in [2.45, 2.75) is 64.2 Å². The first-order valence-electron chi connectivity index (χ1n) is 6.15.